The zero-order valence-electron chi connectivity index (χ0n) is 15.1. The molecule has 130 valence electrons. The van der Waals surface area contributed by atoms with Gasteiger partial charge in [0.25, 0.3) is 0 Å². The molecule has 0 atom stereocenters. The van der Waals surface area contributed by atoms with Crippen LogP contribution in [0.2, 0.25) is 0 Å². The molecule has 0 saturated heterocycles. The zero-order valence-corrected chi connectivity index (χ0v) is 16.0. The number of hydrogen-bond acceptors (Lipinski definition) is 2. The molecule has 3 N–H and O–H groups in total. The van der Waals surface area contributed by atoms with Gasteiger partial charge in [-0.1, -0.05) is 97.3 Å². The van der Waals surface area contributed by atoms with Crippen LogP contribution >= 0.6 is 11.8 Å². The molecule has 0 aromatic rings. The van der Waals surface area contributed by atoms with Crippen LogP contribution in [0.4, 0.5) is 0 Å². The largest absolute Gasteiger partial charge is 0.344 e. The molecule has 0 aromatic heterocycles. The van der Waals surface area contributed by atoms with E-state index in [0.29, 0.717) is 0 Å². The maximum Gasteiger partial charge on any atom is -0.00675 e. The first kappa shape index (κ1) is 23.6. The van der Waals surface area contributed by atoms with Crippen molar-refractivity contribution in [3.8, 4) is 0 Å². The summed E-state index contributed by atoms with van der Waals surface area (Å²) in [6.45, 7) is 4.57. The Bertz CT molecular complexity index is 144. The van der Waals surface area contributed by atoms with Crippen molar-refractivity contribution in [2.75, 3.05) is 11.5 Å². The highest BCUT2D eigenvalue weighted by Gasteiger charge is 1.94. The Morgan fingerprint density at radius 2 is 0.810 bits per heavy atom. The van der Waals surface area contributed by atoms with Crippen molar-refractivity contribution in [1.29, 1.82) is 0 Å². The molecule has 0 unspecified atom stereocenters. The highest BCUT2D eigenvalue weighted by Crippen LogP contribution is 2.14. The molecule has 0 radical (unpaired) electrons. The van der Waals surface area contributed by atoms with Gasteiger partial charge in [0, 0.05) is 0 Å². The summed E-state index contributed by atoms with van der Waals surface area (Å²) < 4.78 is 0. The molecular weight excluding hydrogens is 274 g/mol. The van der Waals surface area contributed by atoms with Crippen LogP contribution in [-0.2, 0) is 0 Å². The van der Waals surface area contributed by atoms with Gasteiger partial charge >= 0.3 is 0 Å². The van der Waals surface area contributed by atoms with Crippen molar-refractivity contribution in [2.45, 2.75) is 110 Å². The third-order valence-electron chi connectivity index (χ3n) is 3.99. The van der Waals surface area contributed by atoms with E-state index in [4.69, 9.17) is 0 Å². The normalized spacial score (nSPS) is 10.6. The lowest BCUT2D eigenvalue weighted by Gasteiger charge is -2.03. The zero-order chi connectivity index (χ0) is 14.7. The fourth-order valence-electron chi connectivity index (χ4n) is 2.65. The van der Waals surface area contributed by atoms with Crippen LogP contribution in [0, 0.1) is 0 Å². The van der Waals surface area contributed by atoms with Crippen LogP contribution < -0.4 is 6.15 Å². The molecule has 0 amide bonds. The van der Waals surface area contributed by atoms with Crippen molar-refractivity contribution in [2.24, 2.45) is 0 Å². The second-order valence-electron chi connectivity index (χ2n) is 6.21. The van der Waals surface area contributed by atoms with Gasteiger partial charge in [-0.05, 0) is 24.3 Å². The first-order valence-electron chi connectivity index (χ1n) is 9.49. The fourth-order valence-corrected chi connectivity index (χ4v) is 3.55. The second kappa shape index (κ2) is 22.6. The average molecular weight is 318 g/mol. The van der Waals surface area contributed by atoms with Gasteiger partial charge in [0.15, 0.2) is 0 Å². The van der Waals surface area contributed by atoms with Crippen molar-refractivity contribution in [3.05, 3.63) is 0 Å². The summed E-state index contributed by atoms with van der Waals surface area (Å²) in [6, 6.07) is 0. The van der Waals surface area contributed by atoms with Gasteiger partial charge < -0.3 is 6.15 Å². The lowest BCUT2D eigenvalue weighted by Crippen LogP contribution is -1.85. The first-order valence-corrected chi connectivity index (χ1v) is 10.6. The summed E-state index contributed by atoms with van der Waals surface area (Å²) in [5.41, 5.74) is 0. The minimum absolute atomic E-state index is 0. The van der Waals surface area contributed by atoms with E-state index in [1.54, 1.807) is 0 Å². The van der Waals surface area contributed by atoms with Gasteiger partial charge in [0.05, 0.1) is 0 Å². The summed E-state index contributed by atoms with van der Waals surface area (Å²) in [5, 5.41) is 0. The minimum atomic E-state index is 0. The molecule has 0 bridgehead atoms. The molecule has 0 fully saturated rings. The molecule has 1 nitrogen and oxygen atoms in total. The molecule has 0 spiro atoms. The molecule has 2 heteroatoms. The van der Waals surface area contributed by atoms with E-state index in [1.165, 1.54) is 108 Å². The van der Waals surface area contributed by atoms with Crippen LogP contribution in [0.15, 0.2) is 0 Å². The highest BCUT2D eigenvalue weighted by atomic mass is 32.2. The molecule has 0 aliphatic carbocycles. The third kappa shape index (κ3) is 22.7. The van der Waals surface area contributed by atoms with Crippen molar-refractivity contribution >= 4 is 11.8 Å². The monoisotopic (exact) mass is 317 g/mol. The smallest absolute Gasteiger partial charge is 0.00675 e. The summed E-state index contributed by atoms with van der Waals surface area (Å²) in [4.78, 5) is 0. The molecule has 0 rings (SSSR count). The summed E-state index contributed by atoms with van der Waals surface area (Å²) in [7, 11) is 0. The van der Waals surface area contributed by atoms with Crippen LogP contribution in [0.1, 0.15) is 110 Å². The Labute approximate surface area is 140 Å². The van der Waals surface area contributed by atoms with E-state index in [2.05, 4.69) is 25.6 Å². The Hall–Kier alpha value is 0.310. The second-order valence-corrected chi connectivity index (χ2v) is 7.43. The summed E-state index contributed by atoms with van der Waals surface area (Å²) in [5.74, 6) is 2.75. The van der Waals surface area contributed by atoms with Crippen LogP contribution in [0.25, 0.3) is 0 Å². The van der Waals surface area contributed by atoms with Crippen molar-refractivity contribution in [3.63, 3.8) is 0 Å². The number of thioether (sulfide) groups is 1. The molecular formula is C19H43NS. The molecule has 0 aliphatic heterocycles. The lowest BCUT2D eigenvalue weighted by atomic mass is 10.0. The predicted molar refractivity (Wildman–Crippen MR) is 103 cm³/mol. The molecule has 0 aromatic carbocycles. The highest BCUT2D eigenvalue weighted by molar-refractivity contribution is 7.99. The van der Waals surface area contributed by atoms with Crippen LogP contribution in [-0.4, -0.2) is 11.5 Å². The Morgan fingerprint density at radius 3 is 1.19 bits per heavy atom. The maximum atomic E-state index is 2.30. The quantitative estimate of drug-likeness (QED) is 0.278. The van der Waals surface area contributed by atoms with E-state index in [9.17, 15) is 0 Å². The number of hydrogen-bond donors (Lipinski definition) is 1. The van der Waals surface area contributed by atoms with Crippen molar-refractivity contribution in [1.82, 2.24) is 6.15 Å². The van der Waals surface area contributed by atoms with Gasteiger partial charge in [-0.3, -0.25) is 0 Å². The Balaban J connectivity index is 0. The number of unbranched alkanes of at least 4 members (excludes halogenated alkanes) is 13. The van der Waals surface area contributed by atoms with Crippen molar-refractivity contribution < 1.29 is 0 Å². The number of rotatable bonds is 17. The van der Waals surface area contributed by atoms with E-state index in [1.807, 2.05) is 0 Å². The van der Waals surface area contributed by atoms with Gasteiger partial charge in [-0.2, -0.15) is 11.8 Å². The average Bonchev–Trinajstić information content (AvgIpc) is 2.47. The predicted octanol–water partition coefficient (Wildman–Crippen LogP) is 7.77. The van der Waals surface area contributed by atoms with E-state index < -0.39 is 0 Å². The van der Waals surface area contributed by atoms with Crippen LogP contribution in [0.3, 0.4) is 0 Å². The standard InChI is InChI=1S/C19H40S.H3N/c1-3-5-6-7-8-9-10-11-12-13-14-15-16-17-19-20-18-4-2;/h3-19H2,1-2H3;1H3. The molecule has 21 heavy (non-hydrogen) atoms. The summed E-state index contributed by atoms with van der Waals surface area (Å²) >= 11 is 2.14. The van der Waals surface area contributed by atoms with E-state index in [0.717, 1.165) is 0 Å². The lowest BCUT2D eigenvalue weighted by molar-refractivity contribution is 0.538. The molecule has 0 saturated carbocycles. The SMILES string of the molecule is CCCCCCCCCCCCCCCCSCCC.N. The van der Waals surface area contributed by atoms with E-state index >= 15 is 0 Å². The molecule has 0 heterocycles. The van der Waals surface area contributed by atoms with Gasteiger partial charge in [0.1, 0.15) is 0 Å². The maximum absolute atomic E-state index is 2.30. The van der Waals surface area contributed by atoms with Gasteiger partial charge in [-0.15, -0.1) is 0 Å². The topological polar surface area (TPSA) is 35.0 Å². The van der Waals surface area contributed by atoms with E-state index in [-0.39, 0.29) is 6.15 Å². The molecule has 0 aliphatic rings. The van der Waals surface area contributed by atoms with Gasteiger partial charge in [0.2, 0.25) is 0 Å². The fraction of sp³-hybridized carbons (Fsp3) is 1.00. The Morgan fingerprint density at radius 1 is 0.429 bits per heavy atom. The first-order chi connectivity index (χ1) is 9.91. The minimum Gasteiger partial charge on any atom is -0.344 e. The van der Waals surface area contributed by atoms with Crippen LogP contribution in [0.5, 0.6) is 0 Å². The Kier molecular flexibility index (Phi) is 25.4. The third-order valence-corrected chi connectivity index (χ3v) is 5.26. The van der Waals surface area contributed by atoms with Gasteiger partial charge in [-0.25, -0.2) is 0 Å². The summed E-state index contributed by atoms with van der Waals surface area (Å²) in [6.07, 6.45) is 21.9.